The summed E-state index contributed by atoms with van der Waals surface area (Å²) < 4.78 is 13.1. The molecule has 0 unspecified atom stereocenters. The van der Waals surface area contributed by atoms with Gasteiger partial charge in [0.2, 0.25) is 0 Å². The van der Waals surface area contributed by atoms with Crippen molar-refractivity contribution in [3.05, 3.63) is 71.5 Å². The second-order valence-corrected chi connectivity index (χ2v) is 4.73. The Bertz CT molecular complexity index is 496. The van der Waals surface area contributed by atoms with Crippen molar-refractivity contribution in [2.45, 2.75) is 19.9 Å². The van der Waals surface area contributed by atoms with Gasteiger partial charge >= 0.3 is 0 Å². The summed E-state index contributed by atoms with van der Waals surface area (Å²) in [6.45, 7) is 5.07. The molecule has 2 rings (SSSR count). The molecule has 0 amide bonds. The summed E-state index contributed by atoms with van der Waals surface area (Å²) in [6, 6.07) is 17.3. The maximum Gasteiger partial charge on any atom is 0.123 e. The number of benzene rings is 2. The number of rotatable bonds is 6. The first-order valence-electron chi connectivity index (χ1n) is 6.78. The lowest BCUT2D eigenvalue weighted by atomic mass is 10.1. The van der Waals surface area contributed by atoms with Crippen LogP contribution in [-0.4, -0.2) is 18.0 Å². The molecular weight excluding hydrogens is 237 g/mol. The molecule has 0 spiro atoms. The minimum Gasteiger partial charge on any atom is -0.299 e. The predicted molar refractivity (Wildman–Crippen MR) is 77.5 cm³/mol. The molecule has 0 N–H and O–H groups in total. The van der Waals surface area contributed by atoms with E-state index in [0.29, 0.717) is 0 Å². The molecule has 2 aromatic carbocycles. The molecule has 0 bridgehead atoms. The lowest BCUT2D eigenvalue weighted by Gasteiger charge is -2.20. The van der Waals surface area contributed by atoms with E-state index in [4.69, 9.17) is 0 Å². The molecule has 0 heterocycles. The summed E-state index contributed by atoms with van der Waals surface area (Å²) in [5.74, 6) is -0.149. The van der Waals surface area contributed by atoms with Crippen LogP contribution in [0.5, 0.6) is 0 Å². The van der Waals surface area contributed by atoms with Crippen molar-refractivity contribution in [3.63, 3.8) is 0 Å². The smallest absolute Gasteiger partial charge is 0.123 e. The summed E-state index contributed by atoms with van der Waals surface area (Å²) >= 11 is 0. The van der Waals surface area contributed by atoms with Crippen LogP contribution >= 0.6 is 0 Å². The number of halogens is 1. The second kappa shape index (κ2) is 7.05. The Kier molecular flexibility index (Phi) is 5.10. The van der Waals surface area contributed by atoms with Crippen molar-refractivity contribution in [3.8, 4) is 0 Å². The van der Waals surface area contributed by atoms with Gasteiger partial charge in [-0.2, -0.15) is 0 Å². The normalized spacial score (nSPS) is 10.9. The Balaban J connectivity index is 1.89. The van der Waals surface area contributed by atoms with E-state index in [1.54, 1.807) is 12.1 Å². The summed E-state index contributed by atoms with van der Waals surface area (Å²) in [5, 5.41) is 0. The highest BCUT2D eigenvalue weighted by Gasteiger charge is 2.04. The summed E-state index contributed by atoms with van der Waals surface area (Å²) in [5.41, 5.74) is 2.38. The molecule has 0 saturated carbocycles. The number of nitrogens with zero attached hydrogens (tertiary/aromatic N) is 1. The molecule has 1 nitrogen and oxygen atoms in total. The van der Waals surface area contributed by atoms with E-state index in [1.165, 1.54) is 11.6 Å². The minimum absolute atomic E-state index is 0.149. The van der Waals surface area contributed by atoms with Crippen molar-refractivity contribution in [1.29, 1.82) is 0 Å². The van der Waals surface area contributed by atoms with Gasteiger partial charge in [-0.3, -0.25) is 4.90 Å². The fourth-order valence-corrected chi connectivity index (χ4v) is 2.17. The van der Waals surface area contributed by atoms with E-state index in [2.05, 4.69) is 36.1 Å². The Morgan fingerprint density at radius 1 is 0.947 bits per heavy atom. The Labute approximate surface area is 114 Å². The molecule has 0 radical (unpaired) electrons. The Hall–Kier alpha value is -1.67. The van der Waals surface area contributed by atoms with Crippen LogP contribution in [0.1, 0.15) is 18.1 Å². The fourth-order valence-electron chi connectivity index (χ4n) is 2.17. The summed E-state index contributed by atoms with van der Waals surface area (Å²) in [7, 11) is 0. The average molecular weight is 257 g/mol. The van der Waals surface area contributed by atoms with Gasteiger partial charge in [0, 0.05) is 13.1 Å². The van der Waals surface area contributed by atoms with Crippen LogP contribution in [0.15, 0.2) is 54.6 Å². The zero-order valence-electron chi connectivity index (χ0n) is 11.3. The van der Waals surface area contributed by atoms with Gasteiger partial charge in [0.1, 0.15) is 5.82 Å². The molecule has 0 saturated heterocycles. The van der Waals surface area contributed by atoms with Crippen molar-refractivity contribution in [2.24, 2.45) is 0 Å². The maximum absolute atomic E-state index is 13.1. The van der Waals surface area contributed by atoms with Crippen LogP contribution in [0.3, 0.4) is 0 Å². The molecule has 0 aromatic heterocycles. The number of hydrogen-bond donors (Lipinski definition) is 0. The van der Waals surface area contributed by atoms with Gasteiger partial charge in [0.05, 0.1) is 0 Å². The topological polar surface area (TPSA) is 3.24 Å². The molecule has 0 aliphatic heterocycles. The third-order valence-corrected chi connectivity index (χ3v) is 3.30. The van der Waals surface area contributed by atoms with Crippen LogP contribution < -0.4 is 0 Å². The molecule has 2 heteroatoms. The summed E-state index contributed by atoms with van der Waals surface area (Å²) in [6.07, 6.45) is 0.887. The molecule has 100 valence electrons. The van der Waals surface area contributed by atoms with E-state index in [9.17, 15) is 4.39 Å². The largest absolute Gasteiger partial charge is 0.299 e. The number of hydrogen-bond acceptors (Lipinski definition) is 1. The molecule has 0 fully saturated rings. The first-order chi connectivity index (χ1) is 9.28. The molecule has 2 aromatic rings. The van der Waals surface area contributed by atoms with Gasteiger partial charge in [-0.15, -0.1) is 0 Å². The van der Waals surface area contributed by atoms with Crippen molar-refractivity contribution < 1.29 is 4.39 Å². The van der Waals surface area contributed by atoms with Crippen molar-refractivity contribution in [2.75, 3.05) is 13.1 Å². The molecular formula is C17H20FN. The van der Waals surface area contributed by atoms with Gasteiger partial charge in [-0.1, -0.05) is 49.4 Å². The quantitative estimate of drug-likeness (QED) is 0.759. The van der Waals surface area contributed by atoms with Crippen molar-refractivity contribution >= 4 is 0 Å². The van der Waals surface area contributed by atoms with Gasteiger partial charge < -0.3 is 0 Å². The van der Waals surface area contributed by atoms with Crippen LogP contribution in [0, 0.1) is 5.82 Å². The lowest BCUT2D eigenvalue weighted by molar-refractivity contribution is 0.283. The van der Waals surface area contributed by atoms with Crippen molar-refractivity contribution in [1.82, 2.24) is 4.90 Å². The van der Waals surface area contributed by atoms with E-state index < -0.39 is 0 Å². The zero-order valence-corrected chi connectivity index (χ0v) is 11.3. The highest BCUT2D eigenvalue weighted by atomic mass is 19.1. The van der Waals surface area contributed by atoms with Crippen LogP contribution in [-0.2, 0) is 13.0 Å². The predicted octanol–water partition coefficient (Wildman–Crippen LogP) is 3.89. The first kappa shape index (κ1) is 13.8. The standard InChI is InChI=1S/C17H20FN/c1-2-19(14-16-7-4-3-5-8-16)12-11-15-9-6-10-17(18)13-15/h3-10,13H,2,11-12,14H2,1H3. The molecule has 0 atom stereocenters. The van der Waals surface area contributed by atoms with Crippen LogP contribution in [0.2, 0.25) is 0 Å². The van der Waals surface area contributed by atoms with Crippen LogP contribution in [0.4, 0.5) is 4.39 Å². The third kappa shape index (κ3) is 4.49. The second-order valence-electron chi connectivity index (χ2n) is 4.73. The SMILES string of the molecule is CCN(CCc1cccc(F)c1)Cc1ccccc1. The highest BCUT2D eigenvalue weighted by molar-refractivity contribution is 5.17. The monoisotopic (exact) mass is 257 g/mol. The van der Waals surface area contributed by atoms with Gasteiger partial charge in [-0.25, -0.2) is 4.39 Å². The van der Waals surface area contributed by atoms with E-state index in [0.717, 1.165) is 31.6 Å². The maximum atomic E-state index is 13.1. The minimum atomic E-state index is -0.149. The highest BCUT2D eigenvalue weighted by Crippen LogP contribution is 2.08. The Morgan fingerprint density at radius 2 is 1.68 bits per heavy atom. The van der Waals surface area contributed by atoms with Crippen LogP contribution in [0.25, 0.3) is 0 Å². The average Bonchev–Trinajstić information content (AvgIpc) is 2.44. The first-order valence-corrected chi connectivity index (χ1v) is 6.78. The van der Waals surface area contributed by atoms with Gasteiger partial charge in [-0.05, 0) is 36.2 Å². The third-order valence-electron chi connectivity index (χ3n) is 3.30. The van der Waals surface area contributed by atoms with E-state index in [-0.39, 0.29) is 5.82 Å². The van der Waals surface area contributed by atoms with Gasteiger partial charge in [0.25, 0.3) is 0 Å². The van der Waals surface area contributed by atoms with Gasteiger partial charge in [0.15, 0.2) is 0 Å². The molecule has 0 aliphatic carbocycles. The fraction of sp³-hybridized carbons (Fsp3) is 0.294. The molecule has 0 aliphatic rings. The van der Waals surface area contributed by atoms with E-state index in [1.807, 2.05) is 12.1 Å². The summed E-state index contributed by atoms with van der Waals surface area (Å²) in [4.78, 5) is 2.38. The van der Waals surface area contributed by atoms with E-state index >= 15 is 0 Å². The zero-order chi connectivity index (χ0) is 13.5. The molecule has 19 heavy (non-hydrogen) atoms. The Morgan fingerprint density at radius 3 is 2.37 bits per heavy atom. The lowest BCUT2D eigenvalue weighted by Crippen LogP contribution is -2.25. The number of likely N-dealkylation sites (N-methyl/N-ethyl adjacent to an activating group) is 1.